The van der Waals surface area contributed by atoms with Gasteiger partial charge in [-0.25, -0.2) is 13.8 Å². The zero-order valence-electron chi connectivity index (χ0n) is 21.3. The van der Waals surface area contributed by atoms with Crippen LogP contribution in [-0.4, -0.2) is 31.7 Å². The molecular weight excluding hydrogens is 484 g/mol. The molecule has 0 saturated carbocycles. The number of hydrogen-bond donors (Lipinski definition) is 1. The quantitative estimate of drug-likeness (QED) is 0.264. The van der Waals surface area contributed by atoms with Crippen LogP contribution in [0.4, 0.5) is 5.69 Å². The Labute approximate surface area is 218 Å². The first-order valence-corrected chi connectivity index (χ1v) is 13.3. The minimum Gasteiger partial charge on any atom is -0.318 e. The lowest BCUT2D eigenvalue weighted by Gasteiger charge is -2.23. The Balaban J connectivity index is 1.54. The summed E-state index contributed by atoms with van der Waals surface area (Å²) in [6.45, 7) is 7.75. The summed E-state index contributed by atoms with van der Waals surface area (Å²) in [6, 6.07) is 24.9. The number of benzene rings is 3. The van der Waals surface area contributed by atoms with Crippen LogP contribution in [0.3, 0.4) is 0 Å². The maximum atomic E-state index is 13.3. The van der Waals surface area contributed by atoms with Crippen LogP contribution >= 0.6 is 0 Å². The van der Waals surface area contributed by atoms with E-state index >= 15 is 0 Å². The van der Waals surface area contributed by atoms with Gasteiger partial charge in [-0.15, -0.1) is 0 Å². The van der Waals surface area contributed by atoms with Crippen molar-refractivity contribution < 1.29 is 13.2 Å². The molecule has 0 aliphatic rings. The smallest absolute Gasteiger partial charge is 0.264 e. The van der Waals surface area contributed by atoms with Crippen LogP contribution in [0.25, 0.3) is 5.69 Å². The van der Waals surface area contributed by atoms with E-state index in [1.54, 1.807) is 54.7 Å². The monoisotopic (exact) mass is 514 g/mol. The van der Waals surface area contributed by atoms with Gasteiger partial charge in [0.2, 0.25) is 0 Å². The molecule has 0 radical (unpaired) electrons. The highest BCUT2D eigenvalue weighted by Gasteiger charge is 2.26. The molecular formula is C29H30N4O3S. The molecule has 1 heterocycles. The van der Waals surface area contributed by atoms with Gasteiger partial charge in [-0.1, -0.05) is 54.1 Å². The molecule has 0 fully saturated rings. The molecule has 7 nitrogen and oxygen atoms in total. The second-order valence-corrected chi connectivity index (χ2v) is 10.8. The average Bonchev–Trinajstić information content (AvgIpc) is 3.16. The van der Waals surface area contributed by atoms with E-state index in [0.29, 0.717) is 5.69 Å². The fourth-order valence-electron chi connectivity index (χ4n) is 4.31. The molecule has 0 aliphatic carbocycles. The summed E-state index contributed by atoms with van der Waals surface area (Å²) in [5, 5.41) is 4.13. The molecule has 0 atom stereocenters. The number of sulfonamides is 1. The Hall–Kier alpha value is -4.17. The van der Waals surface area contributed by atoms with E-state index in [1.165, 1.54) is 23.3 Å². The van der Waals surface area contributed by atoms with E-state index in [4.69, 9.17) is 0 Å². The molecule has 0 spiro atoms. The Morgan fingerprint density at radius 2 is 1.57 bits per heavy atom. The summed E-state index contributed by atoms with van der Waals surface area (Å²) in [6.07, 6.45) is 1.58. The molecule has 0 unspecified atom stereocenters. The number of hydrazone groups is 1. The van der Waals surface area contributed by atoms with Crippen molar-refractivity contribution >= 4 is 27.8 Å². The van der Waals surface area contributed by atoms with Gasteiger partial charge in [-0.2, -0.15) is 5.10 Å². The Bertz CT molecular complexity index is 1540. The molecule has 190 valence electrons. The van der Waals surface area contributed by atoms with Crippen molar-refractivity contribution in [2.75, 3.05) is 10.8 Å². The number of anilines is 1. The van der Waals surface area contributed by atoms with Crippen LogP contribution in [0.5, 0.6) is 0 Å². The van der Waals surface area contributed by atoms with Gasteiger partial charge in [0.25, 0.3) is 15.9 Å². The number of para-hydroxylation sites is 1. The number of carbonyl (C=O) groups excluding carboxylic acids is 1. The van der Waals surface area contributed by atoms with Crippen LogP contribution in [0.2, 0.25) is 0 Å². The largest absolute Gasteiger partial charge is 0.318 e. The van der Waals surface area contributed by atoms with Crippen molar-refractivity contribution in [2.45, 2.75) is 32.6 Å². The fraction of sp³-hybridized carbons (Fsp3) is 0.172. The first-order valence-electron chi connectivity index (χ1n) is 11.9. The van der Waals surface area contributed by atoms with E-state index in [0.717, 1.165) is 26.9 Å². The average molecular weight is 515 g/mol. The Morgan fingerprint density at radius 1 is 0.919 bits per heavy atom. The van der Waals surface area contributed by atoms with Gasteiger partial charge in [0.15, 0.2) is 0 Å². The topological polar surface area (TPSA) is 83.8 Å². The number of aryl methyl sites for hydroxylation is 3. The van der Waals surface area contributed by atoms with Crippen molar-refractivity contribution in [3.8, 4) is 5.69 Å². The van der Waals surface area contributed by atoms with Crippen molar-refractivity contribution in [1.82, 2.24) is 9.99 Å². The van der Waals surface area contributed by atoms with Crippen LogP contribution in [-0.2, 0) is 14.8 Å². The molecule has 1 aromatic heterocycles. The van der Waals surface area contributed by atoms with Crippen LogP contribution < -0.4 is 9.73 Å². The number of hydrogen-bond acceptors (Lipinski definition) is 4. The SMILES string of the molecule is Cc1ccc(-n2c(C)cc(/C=N\NC(=O)CN(c3ccccc3)S(=O)(=O)c3ccccc3)c2C)c(C)c1. The van der Waals surface area contributed by atoms with Gasteiger partial charge in [0.1, 0.15) is 6.54 Å². The molecule has 37 heavy (non-hydrogen) atoms. The van der Waals surface area contributed by atoms with E-state index in [2.05, 4.69) is 47.1 Å². The second kappa shape index (κ2) is 10.8. The molecule has 8 heteroatoms. The summed E-state index contributed by atoms with van der Waals surface area (Å²) < 4.78 is 29.9. The molecule has 1 N–H and O–H groups in total. The Kier molecular flexibility index (Phi) is 7.59. The Morgan fingerprint density at radius 3 is 2.22 bits per heavy atom. The number of nitrogens with zero attached hydrogens (tertiary/aromatic N) is 3. The van der Waals surface area contributed by atoms with E-state index < -0.39 is 22.5 Å². The van der Waals surface area contributed by atoms with Crippen LogP contribution in [0, 0.1) is 27.7 Å². The lowest BCUT2D eigenvalue weighted by Crippen LogP contribution is -2.39. The first-order chi connectivity index (χ1) is 17.7. The van der Waals surface area contributed by atoms with Gasteiger partial charge in [0.05, 0.1) is 16.8 Å². The highest BCUT2D eigenvalue weighted by molar-refractivity contribution is 7.92. The standard InChI is InChI=1S/C29H30N4O3S/c1-21-15-16-28(22(2)17-21)33-23(3)18-25(24(33)4)19-30-31-29(34)20-32(26-11-7-5-8-12-26)37(35,36)27-13-9-6-10-14-27/h5-19H,20H2,1-4H3,(H,31,34)/b30-19-. The van der Waals surface area contributed by atoms with Gasteiger partial charge in [-0.05, 0) is 69.7 Å². The van der Waals surface area contributed by atoms with E-state index in [-0.39, 0.29) is 4.90 Å². The van der Waals surface area contributed by atoms with Crippen molar-refractivity contribution in [1.29, 1.82) is 0 Å². The second-order valence-electron chi connectivity index (χ2n) is 8.91. The van der Waals surface area contributed by atoms with E-state index in [9.17, 15) is 13.2 Å². The van der Waals surface area contributed by atoms with Crippen LogP contribution in [0.1, 0.15) is 28.1 Å². The number of amides is 1. The molecule has 0 bridgehead atoms. The fourth-order valence-corrected chi connectivity index (χ4v) is 5.76. The number of nitrogens with one attached hydrogen (secondary N) is 1. The van der Waals surface area contributed by atoms with Crippen LogP contribution in [0.15, 0.2) is 94.9 Å². The zero-order chi connectivity index (χ0) is 26.6. The third kappa shape index (κ3) is 5.65. The first kappa shape index (κ1) is 25.9. The van der Waals surface area contributed by atoms with Crippen molar-refractivity contribution in [3.63, 3.8) is 0 Å². The van der Waals surface area contributed by atoms with Crippen molar-refractivity contribution in [3.05, 3.63) is 113 Å². The molecule has 4 aromatic rings. The summed E-state index contributed by atoms with van der Waals surface area (Å²) in [4.78, 5) is 12.9. The summed E-state index contributed by atoms with van der Waals surface area (Å²) in [5.41, 5.74) is 9.22. The summed E-state index contributed by atoms with van der Waals surface area (Å²) in [5.74, 6) is -0.553. The van der Waals surface area contributed by atoms with Gasteiger partial charge in [0, 0.05) is 22.6 Å². The number of aromatic nitrogens is 1. The number of carbonyl (C=O) groups is 1. The van der Waals surface area contributed by atoms with Gasteiger partial charge >= 0.3 is 0 Å². The third-order valence-corrected chi connectivity index (χ3v) is 7.91. The van der Waals surface area contributed by atoms with Crippen molar-refractivity contribution in [2.24, 2.45) is 5.10 Å². The minimum atomic E-state index is -3.96. The highest BCUT2D eigenvalue weighted by Crippen LogP contribution is 2.24. The summed E-state index contributed by atoms with van der Waals surface area (Å²) in [7, 11) is -3.96. The third-order valence-electron chi connectivity index (χ3n) is 6.12. The normalized spacial score (nSPS) is 11.6. The molecule has 1 amide bonds. The van der Waals surface area contributed by atoms with Gasteiger partial charge in [-0.3, -0.25) is 9.10 Å². The highest BCUT2D eigenvalue weighted by atomic mass is 32.2. The van der Waals surface area contributed by atoms with Gasteiger partial charge < -0.3 is 4.57 Å². The molecule has 3 aromatic carbocycles. The lowest BCUT2D eigenvalue weighted by atomic mass is 10.1. The van der Waals surface area contributed by atoms with E-state index in [1.807, 2.05) is 19.9 Å². The molecule has 0 aliphatic heterocycles. The maximum absolute atomic E-state index is 13.3. The predicted octanol–water partition coefficient (Wildman–Crippen LogP) is 5.06. The predicted molar refractivity (Wildman–Crippen MR) is 148 cm³/mol. The molecule has 4 rings (SSSR count). The summed E-state index contributed by atoms with van der Waals surface area (Å²) >= 11 is 0. The lowest BCUT2D eigenvalue weighted by molar-refractivity contribution is -0.119. The minimum absolute atomic E-state index is 0.106. The maximum Gasteiger partial charge on any atom is 0.264 e. The molecule has 0 saturated heterocycles. The zero-order valence-corrected chi connectivity index (χ0v) is 22.2. The number of rotatable bonds is 8.